The lowest BCUT2D eigenvalue weighted by Gasteiger charge is -2.49. The van der Waals surface area contributed by atoms with Crippen molar-refractivity contribution in [2.75, 3.05) is 4.90 Å². The lowest BCUT2D eigenvalue weighted by atomic mass is 9.54. The fourth-order valence-corrected chi connectivity index (χ4v) is 17.9. The minimum absolute atomic E-state index is 0.109. The quantitative estimate of drug-likeness (QED) is 0.165. The number of benzene rings is 12. The maximum Gasteiger partial charge on any atom is 0.164 e. The van der Waals surface area contributed by atoms with Crippen LogP contribution in [0.3, 0.4) is 0 Å². The molecule has 0 aliphatic heterocycles. The van der Waals surface area contributed by atoms with Crippen LogP contribution in [0.15, 0.2) is 264 Å². The Morgan fingerprint density at radius 2 is 0.747 bits per heavy atom. The molecule has 2 aliphatic carbocycles. The van der Waals surface area contributed by atoms with Crippen molar-refractivity contribution >= 4 is 124 Å². The first kappa shape index (κ1) is 57.2. The summed E-state index contributed by atoms with van der Waals surface area (Å²) >= 11 is 3.79. The van der Waals surface area contributed by atoms with Crippen LogP contribution in [0.5, 0.6) is 0 Å². The zero-order valence-electron chi connectivity index (χ0n) is 54.2. The second-order valence-corrected chi connectivity index (χ2v) is 30.0. The molecule has 0 N–H and O–H groups in total. The van der Waals surface area contributed by atoms with E-state index in [2.05, 4.69) is 254 Å². The zero-order valence-corrected chi connectivity index (χ0v) is 55.8. The number of para-hydroxylation sites is 3. The van der Waals surface area contributed by atoms with Crippen LogP contribution in [0.2, 0.25) is 0 Å². The van der Waals surface area contributed by atoms with Crippen LogP contribution in [-0.4, -0.2) is 15.0 Å². The largest absolute Gasteiger partial charge is 0.456 e. The Kier molecular flexibility index (Phi) is 12.6. The Balaban J connectivity index is 0.000000140. The summed E-state index contributed by atoms with van der Waals surface area (Å²) in [4.78, 5) is 17.8. The maximum absolute atomic E-state index is 6.34. The topological polar surface area (TPSA) is 68.2 Å². The Morgan fingerprint density at radius 1 is 0.284 bits per heavy atom. The van der Waals surface area contributed by atoms with Gasteiger partial charge in [-0.2, -0.15) is 0 Å². The summed E-state index contributed by atoms with van der Waals surface area (Å²) in [6.07, 6.45) is 0. The summed E-state index contributed by atoms with van der Waals surface area (Å²) in [7, 11) is 0. The molecule has 5 aromatic heterocycles. The summed E-state index contributed by atoms with van der Waals surface area (Å²) in [6.45, 7) is 19.4. The molecule has 0 bridgehead atoms. The highest BCUT2D eigenvalue weighted by Crippen LogP contribution is 2.60. The lowest BCUT2D eigenvalue weighted by molar-refractivity contribution is 0.301. The van der Waals surface area contributed by atoms with E-state index in [-0.39, 0.29) is 21.7 Å². The molecular formula is C87H66N4O2S2. The maximum atomic E-state index is 6.34. The molecule has 5 heterocycles. The van der Waals surface area contributed by atoms with E-state index in [4.69, 9.17) is 23.8 Å². The average molecular weight is 1260 g/mol. The van der Waals surface area contributed by atoms with Crippen molar-refractivity contribution in [1.29, 1.82) is 0 Å². The zero-order chi connectivity index (χ0) is 64.3. The van der Waals surface area contributed by atoms with Gasteiger partial charge in [-0.25, -0.2) is 15.0 Å². The van der Waals surface area contributed by atoms with Crippen LogP contribution in [0.25, 0.3) is 141 Å². The van der Waals surface area contributed by atoms with Crippen molar-refractivity contribution in [3.63, 3.8) is 0 Å². The molecule has 0 saturated carbocycles. The van der Waals surface area contributed by atoms with E-state index in [1.165, 1.54) is 84.9 Å². The van der Waals surface area contributed by atoms with Crippen molar-refractivity contribution in [2.24, 2.45) is 0 Å². The number of nitrogens with zero attached hydrogens (tertiary/aromatic N) is 4. The van der Waals surface area contributed by atoms with Gasteiger partial charge < -0.3 is 13.7 Å². The minimum atomic E-state index is -0.192. The highest BCUT2D eigenvalue weighted by atomic mass is 32.1. The lowest BCUT2D eigenvalue weighted by Crippen LogP contribution is -2.43. The Labute approximate surface area is 559 Å². The molecule has 0 amide bonds. The normalized spacial score (nSPS) is 14.9. The molecule has 2 aliphatic rings. The Morgan fingerprint density at radius 3 is 1.39 bits per heavy atom. The van der Waals surface area contributed by atoms with E-state index < -0.39 is 0 Å². The summed E-state index contributed by atoms with van der Waals surface area (Å²) < 4.78 is 18.0. The molecule has 0 radical (unpaired) electrons. The van der Waals surface area contributed by atoms with Crippen molar-refractivity contribution in [3.8, 4) is 56.4 Å². The van der Waals surface area contributed by atoms with Crippen molar-refractivity contribution in [3.05, 3.63) is 277 Å². The van der Waals surface area contributed by atoms with Crippen molar-refractivity contribution in [1.82, 2.24) is 15.0 Å². The number of hydrogen-bond donors (Lipinski definition) is 0. The van der Waals surface area contributed by atoms with Gasteiger partial charge in [0.1, 0.15) is 22.3 Å². The van der Waals surface area contributed by atoms with Gasteiger partial charge in [0.25, 0.3) is 0 Å². The third-order valence-corrected chi connectivity index (χ3v) is 24.1. The molecule has 19 rings (SSSR count). The number of aromatic nitrogens is 3. The summed E-state index contributed by atoms with van der Waals surface area (Å²) in [6, 6.07) is 91.0. The number of furan rings is 2. The second-order valence-electron chi connectivity index (χ2n) is 27.8. The van der Waals surface area contributed by atoms with Gasteiger partial charge in [-0.3, -0.25) is 0 Å². The number of hydrogen-bond acceptors (Lipinski definition) is 8. The third kappa shape index (κ3) is 8.56. The fourth-order valence-electron chi connectivity index (χ4n) is 15.7. The molecule has 0 atom stereocenters. The Hall–Kier alpha value is -10.5. The number of fused-ring (bicyclic) bond motifs is 20. The molecule has 95 heavy (non-hydrogen) atoms. The predicted molar refractivity (Wildman–Crippen MR) is 401 cm³/mol. The Bertz CT molecular complexity index is 6000. The molecular weight excluding hydrogens is 1200 g/mol. The molecule has 8 heteroatoms. The van der Waals surface area contributed by atoms with Gasteiger partial charge in [-0.05, 0) is 140 Å². The van der Waals surface area contributed by atoms with Crippen LogP contribution >= 0.6 is 22.7 Å². The van der Waals surface area contributed by atoms with Gasteiger partial charge in [-0.1, -0.05) is 219 Å². The molecule has 0 spiro atoms. The van der Waals surface area contributed by atoms with Gasteiger partial charge in [0, 0.05) is 113 Å². The molecule has 17 aromatic rings. The van der Waals surface area contributed by atoms with Gasteiger partial charge >= 0.3 is 0 Å². The SMILES string of the molecule is CC1(C)c2cc(-c3nc(-c4ccccc4)nc(-c4cccc5oc6ccccc6c45)n3)ccc2-c2ccc3sc4ccccc4c3c2C1(C)C.CC1(C)c2cc(N(c3ccccc3)c3ccc4c(c3)oc3ccccc34)ccc2-c2ccc3sc4ccccc4c3c2C1(C)C. The standard InChI is InChI=1S/C45H33N3OS.C42H33NOS/c1-44(2)33-25-27(21-22-28(33)29-23-24-37-39(40(29)45(44,3)4)31-16-9-11-20-36(31)50-37)42-46-41(26-13-6-5-7-14-26)47-43(48-42)32-17-12-19-35-38(32)30-15-8-10-18-34(30)49-35;1-41(2)34-24-27(18-20-29(34)32-22-23-38-39(40(32)42(41,3)4)33-15-9-11-17-37(33)45-38)43(26-12-6-5-7-13-26)28-19-21-31-30-14-8-10-16-35(30)44-36(31)25-28/h5-25H,1-4H3;5-25H,1-4H3. The molecule has 0 fully saturated rings. The summed E-state index contributed by atoms with van der Waals surface area (Å²) in [5.41, 5.74) is 19.9. The van der Waals surface area contributed by atoms with Crippen LogP contribution < -0.4 is 4.90 Å². The van der Waals surface area contributed by atoms with Crippen LogP contribution in [0.1, 0.15) is 77.6 Å². The highest BCUT2D eigenvalue weighted by molar-refractivity contribution is 7.26. The number of anilines is 3. The monoisotopic (exact) mass is 1260 g/mol. The van der Waals surface area contributed by atoms with E-state index in [0.29, 0.717) is 17.5 Å². The minimum Gasteiger partial charge on any atom is -0.456 e. The fraction of sp³-hybridized carbons (Fsp3) is 0.138. The number of thiophene rings is 2. The highest BCUT2D eigenvalue weighted by Gasteiger charge is 2.49. The van der Waals surface area contributed by atoms with E-state index >= 15 is 0 Å². The van der Waals surface area contributed by atoms with E-state index in [1.54, 1.807) is 0 Å². The average Bonchev–Trinajstić information content (AvgIpc) is 1.67. The first-order valence-electron chi connectivity index (χ1n) is 32.8. The summed E-state index contributed by atoms with van der Waals surface area (Å²) in [5.74, 6) is 1.92. The van der Waals surface area contributed by atoms with Gasteiger partial charge in [-0.15, -0.1) is 22.7 Å². The van der Waals surface area contributed by atoms with Crippen LogP contribution in [-0.2, 0) is 21.7 Å². The molecule has 0 unspecified atom stereocenters. The number of rotatable bonds is 6. The molecule has 6 nitrogen and oxygen atoms in total. The predicted octanol–water partition coefficient (Wildman–Crippen LogP) is 25.0. The first-order chi connectivity index (χ1) is 46.1. The van der Waals surface area contributed by atoms with E-state index in [1.807, 2.05) is 83.3 Å². The van der Waals surface area contributed by atoms with Crippen LogP contribution in [0.4, 0.5) is 17.1 Å². The van der Waals surface area contributed by atoms with E-state index in [0.717, 1.165) is 77.6 Å². The van der Waals surface area contributed by atoms with Crippen molar-refractivity contribution in [2.45, 2.75) is 77.0 Å². The smallest absolute Gasteiger partial charge is 0.164 e. The van der Waals surface area contributed by atoms with Crippen molar-refractivity contribution < 1.29 is 8.83 Å². The van der Waals surface area contributed by atoms with Gasteiger partial charge in [0.15, 0.2) is 17.5 Å². The van der Waals surface area contributed by atoms with Gasteiger partial charge in [0.05, 0.1) is 0 Å². The van der Waals surface area contributed by atoms with Gasteiger partial charge in [0.2, 0.25) is 0 Å². The molecule has 0 saturated heterocycles. The summed E-state index contributed by atoms with van der Waals surface area (Å²) in [5, 5.41) is 9.88. The first-order valence-corrected chi connectivity index (χ1v) is 34.4. The third-order valence-electron chi connectivity index (χ3n) is 21.9. The molecule has 12 aromatic carbocycles. The second kappa shape index (κ2) is 21.0. The van der Waals surface area contributed by atoms with E-state index in [9.17, 15) is 0 Å². The van der Waals surface area contributed by atoms with Crippen LogP contribution in [0, 0.1) is 0 Å². The molecule has 458 valence electrons.